The molecular weight excluding hydrogens is 260 g/mol. The van der Waals surface area contributed by atoms with E-state index in [1.807, 2.05) is 66.7 Å². The van der Waals surface area contributed by atoms with Gasteiger partial charge in [0.15, 0.2) is 0 Å². The summed E-state index contributed by atoms with van der Waals surface area (Å²) in [5, 5.41) is 3.88. The molecule has 0 unspecified atom stereocenters. The average Bonchev–Trinajstić information content (AvgIpc) is 2.54. The van der Waals surface area contributed by atoms with Crippen molar-refractivity contribution in [2.75, 3.05) is 5.32 Å². The largest absolute Gasteiger partial charge is 0.323 e. The number of benzene rings is 2. The monoisotopic (exact) mass is 274 g/mol. The van der Waals surface area contributed by atoms with E-state index in [-0.39, 0.29) is 5.91 Å². The van der Waals surface area contributed by atoms with Crippen LogP contribution in [0.4, 0.5) is 5.69 Å². The third-order valence-corrected chi connectivity index (χ3v) is 3.07. The number of carbonyl (C=O) groups is 1. The Bertz CT molecular complexity index is 794. The third-order valence-electron chi connectivity index (χ3n) is 3.07. The summed E-state index contributed by atoms with van der Waals surface area (Å²) in [4.78, 5) is 16.3. The molecule has 0 saturated carbocycles. The Hall–Kier alpha value is -2.94. The Morgan fingerprint density at radius 2 is 1.67 bits per heavy atom. The lowest BCUT2D eigenvalue weighted by Gasteiger charge is -2.01. The van der Waals surface area contributed by atoms with E-state index in [1.54, 1.807) is 6.08 Å². The van der Waals surface area contributed by atoms with Crippen LogP contribution in [0.25, 0.3) is 17.0 Å². The number of nitrogens with zero attached hydrogens (tertiary/aromatic N) is 1. The molecule has 21 heavy (non-hydrogen) atoms. The first kappa shape index (κ1) is 13.1. The van der Waals surface area contributed by atoms with E-state index >= 15 is 0 Å². The maximum Gasteiger partial charge on any atom is 0.248 e. The molecule has 0 aliphatic rings. The Kier molecular flexibility index (Phi) is 3.74. The van der Waals surface area contributed by atoms with Crippen LogP contribution < -0.4 is 5.32 Å². The number of hydrogen-bond donors (Lipinski definition) is 1. The second-order valence-electron chi connectivity index (χ2n) is 4.62. The summed E-state index contributed by atoms with van der Waals surface area (Å²) >= 11 is 0. The summed E-state index contributed by atoms with van der Waals surface area (Å²) in [5.74, 6) is -0.170. The first-order valence-corrected chi connectivity index (χ1v) is 6.71. The standard InChI is InChI=1S/C18H14N2O/c21-18(20-15-7-2-1-3-8-15)13-12-16-11-10-14-6-4-5-9-17(14)19-16/h1-13H,(H,20,21)/b13-12+. The Morgan fingerprint density at radius 1 is 0.905 bits per heavy atom. The predicted octanol–water partition coefficient (Wildman–Crippen LogP) is 3.89. The fourth-order valence-corrected chi connectivity index (χ4v) is 2.04. The van der Waals surface area contributed by atoms with Crippen LogP contribution in [0, 0.1) is 0 Å². The highest BCUT2D eigenvalue weighted by atomic mass is 16.1. The van der Waals surface area contributed by atoms with Crippen LogP contribution in [0.1, 0.15) is 5.69 Å². The van der Waals surface area contributed by atoms with Crippen LogP contribution in [0.2, 0.25) is 0 Å². The van der Waals surface area contributed by atoms with Gasteiger partial charge in [0.2, 0.25) is 5.91 Å². The van der Waals surface area contributed by atoms with Crippen LogP contribution in [0.3, 0.4) is 0 Å². The molecule has 1 amide bonds. The van der Waals surface area contributed by atoms with Gasteiger partial charge in [-0.25, -0.2) is 4.98 Å². The zero-order valence-corrected chi connectivity index (χ0v) is 11.4. The van der Waals surface area contributed by atoms with Crippen molar-refractivity contribution < 1.29 is 4.79 Å². The van der Waals surface area contributed by atoms with E-state index in [4.69, 9.17) is 0 Å². The molecule has 2 aromatic carbocycles. The molecule has 0 bridgehead atoms. The Balaban J connectivity index is 1.73. The lowest BCUT2D eigenvalue weighted by Crippen LogP contribution is -2.07. The highest BCUT2D eigenvalue weighted by Crippen LogP contribution is 2.12. The summed E-state index contributed by atoms with van der Waals surface area (Å²) in [7, 11) is 0. The maximum atomic E-state index is 11.8. The first-order chi connectivity index (χ1) is 10.3. The number of anilines is 1. The van der Waals surface area contributed by atoms with E-state index in [9.17, 15) is 4.79 Å². The van der Waals surface area contributed by atoms with Crippen molar-refractivity contribution in [2.24, 2.45) is 0 Å². The van der Waals surface area contributed by atoms with Gasteiger partial charge in [0, 0.05) is 17.1 Å². The molecule has 1 heterocycles. The van der Waals surface area contributed by atoms with E-state index in [0.717, 1.165) is 22.3 Å². The van der Waals surface area contributed by atoms with Gasteiger partial charge in [0.1, 0.15) is 0 Å². The molecule has 0 fully saturated rings. The van der Waals surface area contributed by atoms with Crippen LogP contribution in [0.5, 0.6) is 0 Å². The average molecular weight is 274 g/mol. The summed E-state index contributed by atoms with van der Waals surface area (Å²) in [6.07, 6.45) is 3.20. The van der Waals surface area contributed by atoms with E-state index in [2.05, 4.69) is 10.3 Å². The number of para-hydroxylation sites is 2. The quantitative estimate of drug-likeness (QED) is 0.736. The number of pyridine rings is 1. The molecule has 0 aliphatic heterocycles. The summed E-state index contributed by atoms with van der Waals surface area (Å²) in [5.41, 5.74) is 2.46. The zero-order valence-electron chi connectivity index (χ0n) is 11.4. The van der Waals surface area contributed by atoms with Gasteiger partial charge in [-0.1, -0.05) is 42.5 Å². The van der Waals surface area contributed by atoms with Gasteiger partial charge in [-0.3, -0.25) is 4.79 Å². The highest BCUT2D eigenvalue weighted by Gasteiger charge is 1.98. The maximum absolute atomic E-state index is 11.8. The van der Waals surface area contributed by atoms with Crippen LogP contribution >= 0.6 is 0 Å². The van der Waals surface area contributed by atoms with Crippen LogP contribution in [0.15, 0.2) is 72.8 Å². The fourth-order valence-electron chi connectivity index (χ4n) is 2.04. The molecule has 0 saturated heterocycles. The van der Waals surface area contributed by atoms with Gasteiger partial charge < -0.3 is 5.32 Å². The number of aromatic nitrogens is 1. The van der Waals surface area contributed by atoms with Gasteiger partial charge in [-0.2, -0.15) is 0 Å². The number of carbonyl (C=O) groups excluding carboxylic acids is 1. The van der Waals surface area contributed by atoms with Crippen molar-refractivity contribution in [1.82, 2.24) is 4.98 Å². The van der Waals surface area contributed by atoms with Gasteiger partial charge in [-0.15, -0.1) is 0 Å². The molecule has 0 aliphatic carbocycles. The first-order valence-electron chi connectivity index (χ1n) is 6.71. The Labute approximate surface area is 123 Å². The number of fused-ring (bicyclic) bond motifs is 1. The predicted molar refractivity (Wildman–Crippen MR) is 85.8 cm³/mol. The van der Waals surface area contributed by atoms with Crippen LogP contribution in [-0.2, 0) is 4.79 Å². The molecule has 3 rings (SSSR count). The molecular formula is C18H14N2O. The van der Waals surface area contributed by atoms with Gasteiger partial charge in [0.05, 0.1) is 11.2 Å². The minimum Gasteiger partial charge on any atom is -0.323 e. The SMILES string of the molecule is O=C(/C=C/c1ccc2ccccc2n1)Nc1ccccc1. The van der Waals surface area contributed by atoms with E-state index < -0.39 is 0 Å². The van der Waals surface area contributed by atoms with Crippen molar-refractivity contribution >= 4 is 28.6 Å². The van der Waals surface area contributed by atoms with Gasteiger partial charge in [-0.05, 0) is 30.3 Å². The number of hydrogen-bond acceptors (Lipinski definition) is 2. The van der Waals surface area contributed by atoms with Crippen LogP contribution in [-0.4, -0.2) is 10.9 Å². The molecule has 0 radical (unpaired) electrons. The summed E-state index contributed by atoms with van der Waals surface area (Å²) in [6, 6.07) is 21.1. The number of amides is 1. The number of rotatable bonds is 3. The van der Waals surface area contributed by atoms with Gasteiger partial charge >= 0.3 is 0 Å². The van der Waals surface area contributed by atoms with Crippen molar-refractivity contribution in [3.63, 3.8) is 0 Å². The summed E-state index contributed by atoms with van der Waals surface area (Å²) in [6.45, 7) is 0. The summed E-state index contributed by atoms with van der Waals surface area (Å²) < 4.78 is 0. The molecule has 0 atom stereocenters. The smallest absolute Gasteiger partial charge is 0.248 e. The second-order valence-corrected chi connectivity index (χ2v) is 4.62. The normalized spacial score (nSPS) is 10.9. The van der Waals surface area contributed by atoms with Gasteiger partial charge in [0.25, 0.3) is 0 Å². The molecule has 3 aromatic rings. The lowest BCUT2D eigenvalue weighted by atomic mass is 10.2. The van der Waals surface area contributed by atoms with E-state index in [1.165, 1.54) is 6.08 Å². The Morgan fingerprint density at radius 3 is 2.52 bits per heavy atom. The third kappa shape index (κ3) is 3.34. The minimum atomic E-state index is -0.170. The van der Waals surface area contributed by atoms with Crippen molar-refractivity contribution in [3.05, 3.63) is 78.5 Å². The van der Waals surface area contributed by atoms with Crippen molar-refractivity contribution in [2.45, 2.75) is 0 Å². The zero-order chi connectivity index (χ0) is 14.5. The minimum absolute atomic E-state index is 0.170. The molecule has 1 aromatic heterocycles. The molecule has 3 heteroatoms. The van der Waals surface area contributed by atoms with Crippen molar-refractivity contribution in [3.8, 4) is 0 Å². The molecule has 3 nitrogen and oxygen atoms in total. The molecule has 0 spiro atoms. The number of nitrogens with one attached hydrogen (secondary N) is 1. The molecule has 1 N–H and O–H groups in total. The van der Waals surface area contributed by atoms with Crippen molar-refractivity contribution in [1.29, 1.82) is 0 Å². The second kappa shape index (κ2) is 6.01. The molecule has 102 valence electrons. The fraction of sp³-hybridized carbons (Fsp3) is 0. The lowest BCUT2D eigenvalue weighted by molar-refractivity contribution is -0.111. The topological polar surface area (TPSA) is 42.0 Å². The van der Waals surface area contributed by atoms with E-state index in [0.29, 0.717) is 0 Å². The highest BCUT2D eigenvalue weighted by molar-refractivity contribution is 6.01.